The molecule has 2 amide bonds. The second-order valence-electron chi connectivity index (χ2n) is 5.20. The molecular weight excluding hydrogens is 380 g/mol. The molecular formula is C15H17BrN4O2S. The van der Waals surface area contributed by atoms with Crippen molar-refractivity contribution in [1.82, 2.24) is 10.2 Å². The van der Waals surface area contributed by atoms with Gasteiger partial charge in [-0.15, -0.1) is 10.2 Å². The average molecular weight is 397 g/mol. The number of nitrogens with zero attached hydrogens (tertiary/aromatic N) is 2. The van der Waals surface area contributed by atoms with Crippen LogP contribution < -0.4 is 10.6 Å². The molecule has 0 fully saturated rings. The van der Waals surface area contributed by atoms with Crippen LogP contribution in [-0.2, 0) is 9.59 Å². The molecule has 0 spiro atoms. The summed E-state index contributed by atoms with van der Waals surface area (Å²) < 4.78 is 0.938. The Morgan fingerprint density at radius 3 is 2.26 bits per heavy atom. The van der Waals surface area contributed by atoms with Gasteiger partial charge in [-0.1, -0.05) is 41.1 Å². The Kier molecular flexibility index (Phi) is 6.23. The summed E-state index contributed by atoms with van der Waals surface area (Å²) in [6.07, 6.45) is 0.205. The Morgan fingerprint density at radius 2 is 1.70 bits per heavy atom. The molecule has 0 radical (unpaired) electrons. The van der Waals surface area contributed by atoms with E-state index in [0.29, 0.717) is 10.8 Å². The van der Waals surface area contributed by atoms with Gasteiger partial charge >= 0.3 is 0 Å². The second-order valence-corrected chi connectivity index (χ2v) is 7.13. The van der Waals surface area contributed by atoms with Gasteiger partial charge in [0.1, 0.15) is 5.01 Å². The van der Waals surface area contributed by atoms with Gasteiger partial charge in [0.05, 0.1) is 0 Å². The van der Waals surface area contributed by atoms with Gasteiger partial charge < -0.3 is 10.6 Å². The van der Waals surface area contributed by atoms with E-state index in [9.17, 15) is 9.59 Å². The number of hydrogen-bond acceptors (Lipinski definition) is 5. The first-order valence-electron chi connectivity index (χ1n) is 7.12. The highest BCUT2D eigenvalue weighted by Gasteiger charge is 2.12. The highest BCUT2D eigenvalue weighted by Crippen LogP contribution is 2.22. The van der Waals surface area contributed by atoms with E-state index in [2.05, 4.69) is 36.8 Å². The minimum atomic E-state index is -0.248. The van der Waals surface area contributed by atoms with Crippen LogP contribution in [0.5, 0.6) is 0 Å². The predicted octanol–water partition coefficient (Wildman–Crippen LogP) is 3.78. The smallest absolute Gasteiger partial charge is 0.226 e. The van der Waals surface area contributed by atoms with Gasteiger partial charge in [-0.2, -0.15) is 0 Å². The number of aromatic nitrogens is 2. The van der Waals surface area contributed by atoms with Crippen LogP contribution in [0.3, 0.4) is 0 Å². The SMILES string of the molecule is CC(C)c1nnc(NC(=O)CCC(=O)Nc2ccc(Br)cc2)s1. The van der Waals surface area contributed by atoms with Crippen LogP contribution in [0.2, 0.25) is 0 Å². The van der Waals surface area contributed by atoms with Gasteiger partial charge in [0.2, 0.25) is 16.9 Å². The van der Waals surface area contributed by atoms with Crippen LogP contribution in [-0.4, -0.2) is 22.0 Å². The zero-order chi connectivity index (χ0) is 16.8. The molecule has 2 aromatic rings. The van der Waals surface area contributed by atoms with E-state index >= 15 is 0 Å². The van der Waals surface area contributed by atoms with E-state index < -0.39 is 0 Å². The molecule has 8 heteroatoms. The maximum absolute atomic E-state index is 11.8. The van der Waals surface area contributed by atoms with Gasteiger partial charge in [0.15, 0.2) is 0 Å². The number of nitrogens with one attached hydrogen (secondary N) is 2. The molecule has 0 aliphatic rings. The first kappa shape index (κ1) is 17.6. The lowest BCUT2D eigenvalue weighted by atomic mass is 10.2. The molecule has 1 aromatic heterocycles. The fraction of sp³-hybridized carbons (Fsp3) is 0.333. The van der Waals surface area contributed by atoms with Crippen molar-refractivity contribution in [2.75, 3.05) is 10.6 Å². The molecule has 2 rings (SSSR count). The number of benzene rings is 1. The Balaban J connectivity index is 1.77. The van der Waals surface area contributed by atoms with E-state index in [1.54, 1.807) is 12.1 Å². The summed E-state index contributed by atoms with van der Waals surface area (Å²) in [4.78, 5) is 23.7. The predicted molar refractivity (Wildman–Crippen MR) is 94.6 cm³/mol. The molecule has 0 aliphatic heterocycles. The quantitative estimate of drug-likeness (QED) is 0.777. The first-order valence-corrected chi connectivity index (χ1v) is 8.73. The fourth-order valence-electron chi connectivity index (χ4n) is 1.68. The maximum atomic E-state index is 11.8. The summed E-state index contributed by atoms with van der Waals surface area (Å²) in [6.45, 7) is 4.02. The van der Waals surface area contributed by atoms with E-state index in [0.717, 1.165) is 9.48 Å². The van der Waals surface area contributed by atoms with E-state index in [-0.39, 0.29) is 30.6 Å². The number of carbonyl (C=O) groups is 2. The summed E-state index contributed by atoms with van der Waals surface area (Å²) in [7, 11) is 0. The number of hydrogen-bond donors (Lipinski definition) is 2. The van der Waals surface area contributed by atoms with Crippen LogP contribution in [0.15, 0.2) is 28.7 Å². The first-order chi connectivity index (χ1) is 10.9. The van der Waals surface area contributed by atoms with E-state index in [1.807, 2.05) is 26.0 Å². The fourth-order valence-corrected chi connectivity index (χ4v) is 2.71. The molecule has 23 heavy (non-hydrogen) atoms. The Labute approximate surface area is 146 Å². The third kappa shape index (κ3) is 5.72. The van der Waals surface area contributed by atoms with Gasteiger partial charge in [-0.3, -0.25) is 9.59 Å². The number of halogens is 1. The number of anilines is 2. The topological polar surface area (TPSA) is 84.0 Å². The Morgan fingerprint density at radius 1 is 1.09 bits per heavy atom. The molecule has 6 nitrogen and oxygen atoms in total. The largest absolute Gasteiger partial charge is 0.326 e. The van der Waals surface area contributed by atoms with Crippen molar-refractivity contribution in [2.45, 2.75) is 32.6 Å². The van der Waals surface area contributed by atoms with Crippen molar-refractivity contribution >= 4 is 49.9 Å². The molecule has 1 aromatic carbocycles. The molecule has 0 aliphatic carbocycles. The van der Waals surface area contributed by atoms with Crippen molar-refractivity contribution in [3.05, 3.63) is 33.7 Å². The number of amides is 2. The zero-order valence-corrected chi connectivity index (χ0v) is 15.2. The van der Waals surface area contributed by atoms with Crippen molar-refractivity contribution in [2.24, 2.45) is 0 Å². The highest BCUT2D eigenvalue weighted by atomic mass is 79.9. The van der Waals surface area contributed by atoms with Crippen molar-refractivity contribution in [1.29, 1.82) is 0 Å². The average Bonchev–Trinajstić information content (AvgIpc) is 2.96. The Bertz CT molecular complexity index is 685. The molecule has 0 saturated carbocycles. The number of rotatable bonds is 6. The Hall–Kier alpha value is -1.80. The summed E-state index contributed by atoms with van der Waals surface area (Å²) in [6, 6.07) is 7.25. The van der Waals surface area contributed by atoms with Gasteiger partial charge in [-0.25, -0.2) is 0 Å². The highest BCUT2D eigenvalue weighted by molar-refractivity contribution is 9.10. The molecule has 122 valence electrons. The lowest BCUT2D eigenvalue weighted by Gasteiger charge is -2.05. The summed E-state index contributed by atoms with van der Waals surface area (Å²) in [5.74, 6) is -0.181. The summed E-state index contributed by atoms with van der Waals surface area (Å²) in [5, 5.41) is 14.6. The molecule has 2 N–H and O–H groups in total. The van der Waals surface area contributed by atoms with Crippen LogP contribution in [0.4, 0.5) is 10.8 Å². The maximum Gasteiger partial charge on any atom is 0.226 e. The van der Waals surface area contributed by atoms with Crippen LogP contribution in [0, 0.1) is 0 Å². The molecule has 0 atom stereocenters. The monoisotopic (exact) mass is 396 g/mol. The summed E-state index contributed by atoms with van der Waals surface area (Å²) in [5.41, 5.74) is 0.698. The lowest BCUT2D eigenvalue weighted by molar-refractivity contribution is -0.121. The molecule has 0 saturated heterocycles. The second kappa shape index (κ2) is 8.16. The third-order valence-electron chi connectivity index (χ3n) is 2.89. The van der Waals surface area contributed by atoms with E-state index in [4.69, 9.17) is 0 Å². The molecule has 0 unspecified atom stereocenters. The van der Waals surface area contributed by atoms with Crippen molar-refractivity contribution < 1.29 is 9.59 Å². The minimum Gasteiger partial charge on any atom is -0.326 e. The van der Waals surface area contributed by atoms with Crippen LogP contribution in [0.25, 0.3) is 0 Å². The zero-order valence-electron chi connectivity index (χ0n) is 12.8. The van der Waals surface area contributed by atoms with Crippen molar-refractivity contribution in [3.63, 3.8) is 0 Å². The van der Waals surface area contributed by atoms with Crippen molar-refractivity contribution in [3.8, 4) is 0 Å². The van der Waals surface area contributed by atoms with Crippen LogP contribution in [0.1, 0.15) is 37.6 Å². The van der Waals surface area contributed by atoms with Crippen LogP contribution >= 0.6 is 27.3 Å². The van der Waals surface area contributed by atoms with E-state index in [1.165, 1.54) is 11.3 Å². The standard InChI is InChI=1S/C15H17BrN4O2S/c1-9(2)14-19-20-15(23-14)18-13(22)8-7-12(21)17-11-5-3-10(16)4-6-11/h3-6,9H,7-8H2,1-2H3,(H,17,21)(H,18,20,22). The van der Waals surface area contributed by atoms with Gasteiger partial charge in [0, 0.05) is 28.9 Å². The lowest BCUT2D eigenvalue weighted by Crippen LogP contribution is -2.17. The van der Waals surface area contributed by atoms with Gasteiger partial charge in [-0.05, 0) is 24.3 Å². The van der Waals surface area contributed by atoms with Gasteiger partial charge in [0.25, 0.3) is 0 Å². The molecule has 0 bridgehead atoms. The number of carbonyl (C=O) groups excluding carboxylic acids is 2. The summed E-state index contributed by atoms with van der Waals surface area (Å²) >= 11 is 4.68. The normalized spacial score (nSPS) is 10.6. The molecule has 1 heterocycles. The third-order valence-corrected chi connectivity index (χ3v) is 4.56. The minimum absolute atomic E-state index is 0.0962.